The van der Waals surface area contributed by atoms with E-state index >= 15 is 0 Å². The van der Waals surface area contributed by atoms with Crippen LogP contribution in [-0.2, 0) is 21.6 Å². The van der Waals surface area contributed by atoms with Gasteiger partial charge in [0.2, 0.25) is 17.5 Å². The minimum absolute atomic E-state index is 0.0638. The molecule has 0 amide bonds. The highest BCUT2D eigenvalue weighted by Crippen LogP contribution is 2.31. The van der Waals surface area contributed by atoms with Crippen LogP contribution in [0.25, 0.3) is 11.2 Å². The van der Waals surface area contributed by atoms with Crippen LogP contribution in [0.5, 0.6) is 5.88 Å². The van der Waals surface area contributed by atoms with E-state index in [9.17, 15) is 8.42 Å². The minimum Gasteiger partial charge on any atom is -0.473 e. The molecule has 0 unspecified atom stereocenters. The van der Waals surface area contributed by atoms with E-state index in [0.29, 0.717) is 47.6 Å². The molecule has 5 heterocycles. The van der Waals surface area contributed by atoms with E-state index < -0.39 is 9.84 Å². The molecule has 0 spiro atoms. The summed E-state index contributed by atoms with van der Waals surface area (Å²) in [5, 5.41) is 16.0. The van der Waals surface area contributed by atoms with Crippen molar-refractivity contribution in [1.82, 2.24) is 39.6 Å². The van der Waals surface area contributed by atoms with Crippen LogP contribution >= 0.6 is 0 Å². The Morgan fingerprint density at radius 3 is 2.54 bits per heavy atom. The quantitative estimate of drug-likeness (QED) is 0.494. The van der Waals surface area contributed by atoms with E-state index in [4.69, 9.17) is 9.47 Å². The van der Waals surface area contributed by atoms with Gasteiger partial charge in [0.1, 0.15) is 15.9 Å². The maximum absolute atomic E-state index is 11.8. The lowest BCUT2D eigenvalue weighted by atomic mass is 9.91. The number of morpholine rings is 1. The predicted molar refractivity (Wildman–Crippen MR) is 136 cm³/mol. The number of fused-ring (bicyclic) bond motifs is 1. The third-order valence-corrected chi connectivity index (χ3v) is 9.39. The van der Waals surface area contributed by atoms with Gasteiger partial charge in [-0.1, -0.05) is 5.21 Å². The Kier molecular flexibility index (Phi) is 6.71. The molecule has 0 radical (unpaired) electrons. The smallest absolute Gasteiger partial charge is 0.247 e. The van der Waals surface area contributed by atoms with Gasteiger partial charge < -0.3 is 14.8 Å². The first kappa shape index (κ1) is 24.5. The van der Waals surface area contributed by atoms with Crippen molar-refractivity contribution in [1.29, 1.82) is 0 Å². The van der Waals surface area contributed by atoms with Gasteiger partial charge in [-0.05, 0) is 38.5 Å². The molecule has 0 atom stereocenters. The van der Waals surface area contributed by atoms with Crippen LogP contribution in [0.4, 0.5) is 11.6 Å². The topological polar surface area (TPSA) is 142 Å². The van der Waals surface area contributed by atoms with E-state index in [2.05, 4.69) is 35.6 Å². The summed E-state index contributed by atoms with van der Waals surface area (Å²) in [6.45, 7) is 3.66. The Hall–Kier alpha value is -2.84. The molecule has 1 N–H and O–H groups in total. The fourth-order valence-electron chi connectivity index (χ4n) is 5.57. The maximum atomic E-state index is 11.8. The molecule has 2 saturated heterocycles. The molecule has 0 bridgehead atoms. The van der Waals surface area contributed by atoms with Crippen LogP contribution < -0.4 is 10.1 Å². The van der Waals surface area contributed by atoms with Crippen LogP contribution in [0, 0.1) is 0 Å². The first-order valence-corrected chi connectivity index (χ1v) is 14.8. The van der Waals surface area contributed by atoms with Gasteiger partial charge in [0.05, 0.1) is 42.6 Å². The third-order valence-electron chi connectivity index (χ3n) is 7.67. The maximum Gasteiger partial charge on any atom is 0.247 e. The number of sulfone groups is 1. The molecule has 1 saturated carbocycles. The molecular formula is C23H33N9O4S. The Labute approximate surface area is 215 Å². The van der Waals surface area contributed by atoms with Gasteiger partial charge in [-0.25, -0.2) is 13.1 Å². The number of nitrogens with zero attached hydrogens (tertiary/aromatic N) is 8. The van der Waals surface area contributed by atoms with Gasteiger partial charge in [-0.2, -0.15) is 15.1 Å². The van der Waals surface area contributed by atoms with Crippen LogP contribution in [-0.4, -0.2) is 98.0 Å². The third kappa shape index (κ3) is 5.41. The average molecular weight is 532 g/mol. The summed E-state index contributed by atoms with van der Waals surface area (Å²) in [4.78, 5) is 11.8. The molecule has 200 valence electrons. The highest BCUT2D eigenvalue weighted by Gasteiger charge is 2.29. The van der Waals surface area contributed by atoms with Crippen LogP contribution in [0.1, 0.15) is 44.6 Å². The molecule has 6 rings (SSSR count). The average Bonchev–Trinajstić information content (AvgIpc) is 3.52. The Morgan fingerprint density at radius 1 is 1.03 bits per heavy atom. The van der Waals surface area contributed by atoms with Crippen molar-refractivity contribution in [2.45, 2.75) is 56.7 Å². The molecule has 37 heavy (non-hydrogen) atoms. The summed E-state index contributed by atoms with van der Waals surface area (Å²) in [5.41, 5.74) is 1.84. The summed E-state index contributed by atoms with van der Waals surface area (Å²) in [5.74, 6) is 1.22. The highest BCUT2D eigenvalue weighted by molar-refractivity contribution is 7.91. The molecular weight excluding hydrogens is 498 g/mol. The lowest BCUT2D eigenvalue weighted by Crippen LogP contribution is -2.46. The first-order valence-electron chi connectivity index (χ1n) is 13.0. The SMILES string of the molecule is Cn1nnc2nc(Nc3cnn(C4CCS(=O)(=O)CC4)c3)nc(O[C@H]3CC[C@H](N4CCOCC4)CC3)c21. The standard InChI is InChI=1S/C23H33N9O4S/c1-30-20-21(28-29-30)26-23(25-16-14-24-32(15-16)18-6-12-37(33,34)13-7-18)27-22(20)36-19-4-2-17(3-5-19)31-8-10-35-11-9-31/h14-15,17-19H,2-13H2,1H3,(H,25,26,27)/t17-,19-. The number of rotatable bonds is 6. The van der Waals surface area contributed by atoms with Gasteiger partial charge in [0, 0.05) is 32.4 Å². The van der Waals surface area contributed by atoms with Gasteiger partial charge in [-0.15, -0.1) is 5.10 Å². The van der Waals surface area contributed by atoms with Crippen molar-refractivity contribution in [2.75, 3.05) is 43.1 Å². The summed E-state index contributed by atoms with van der Waals surface area (Å²) in [7, 11) is -1.12. The number of anilines is 2. The molecule has 14 heteroatoms. The van der Waals surface area contributed by atoms with E-state index in [0.717, 1.165) is 52.0 Å². The molecule has 3 aromatic rings. The van der Waals surface area contributed by atoms with Gasteiger partial charge in [-0.3, -0.25) is 9.58 Å². The molecule has 3 fully saturated rings. The monoisotopic (exact) mass is 531 g/mol. The zero-order chi connectivity index (χ0) is 25.4. The molecule has 0 aromatic carbocycles. The van der Waals surface area contributed by atoms with Gasteiger partial charge >= 0.3 is 0 Å². The largest absolute Gasteiger partial charge is 0.473 e. The second-order valence-electron chi connectivity index (χ2n) is 10.2. The highest BCUT2D eigenvalue weighted by atomic mass is 32.2. The van der Waals surface area contributed by atoms with Crippen molar-refractivity contribution in [2.24, 2.45) is 7.05 Å². The zero-order valence-electron chi connectivity index (χ0n) is 21.0. The van der Waals surface area contributed by atoms with Crippen molar-refractivity contribution in [3.05, 3.63) is 12.4 Å². The zero-order valence-corrected chi connectivity index (χ0v) is 21.8. The molecule has 13 nitrogen and oxygen atoms in total. The number of hydrogen-bond donors (Lipinski definition) is 1. The Morgan fingerprint density at radius 2 is 1.78 bits per heavy atom. The predicted octanol–water partition coefficient (Wildman–Crippen LogP) is 1.47. The van der Waals surface area contributed by atoms with E-state index in [1.165, 1.54) is 0 Å². The van der Waals surface area contributed by atoms with Crippen LogP contribution in [0.2, 0.25) is 0 Å². The van der Waals surface area contributed by atoms with Crippen LogP contribution in [0.15, 0.2) is 12.4 Å². The van der Waals surface area contributed by atoms with Gasteiger partial charge in [0.15, 0.2) is 5.52 Å². The first-order chi connectivity index (χ1) is 17.9. The Bertz CT molecular complexity index is 1330. The normalized spacial score (nSPS) is 25.3. The summed E-state index contributed by atoms with van der Waals surface area (Å²) < 4.78 is 38.9. The lowest BCUT2D eigenvalue weighted by molar-refractivity contribution is -0.00127. The lowest BCUT2D eigenvalue weighted by Gasteiger charge is -2.38. The summed E-state index contributed by atoms with van der Waals surface area (Å²) in [6, 6.07) is 0.652. The number of aromatic nitrogens is 7. The van der Waals surface area contributed by atoms with Gasteiger partial charge in [0.25, 0.3) is 0 Å². The molecule has 3 aliphatic rings. The van der Waals surface area contributed by atoms with Crippen molar-refractivity contribution in [3.8, 4) is 5.88 Å². The fourth-order valence-corrected chi connectivity index (χ4v) is 7.04. The number of aryl methyl sites for hydroxylation is 1. The second kappa shape index (κ2) is 10.1. The van der Waals surface area contributed by atoms with E-state index in [1.807, 2.05) is 17.9 Å². The van der Waals surface area contributed by atoms with Crippen molar-refractivity contribution in [3.63, 3.8) is 0 Å². The van der Waals surface area contributed by atoms with E-state index in [-0.39, 0.29) is 23.7 Å². The molecule has 2 aliphatic heterocycles. The number of ether oxygens (including phenoxy) is 2. The van der Waals surface area contributed by atoms with Crippen molar-refractivity contribution >= 4 is 32.6 Å². The number of hydrogen-bond acceptors (Lipinski definition) is 11. The Balaban J connectivity index is 1.15. The van der Waals surface area contributed by atoms with Crippen molar-refractivity contribution < 1.29 is 17.9 Å². The minimum atomic E-state index is -2.92. The summed E-state index contributed by atoms with van der Waals surface area (Å²) >= 11 is 0. The molecule has 3 aromatic heterocycles. The van der Waals surface area contributed by atoms with E-state index in [1.54, 1.807) is 10.9 Å². The molecule has 1 aliphatic carbocycles. The fraction of sp³-hybridized carbons (Fsp3) is 0.696. The number of nitrogens with one attached hydrogen (secondary N) is 1. The van der Waals surface area contributed by atoms with Crippen LogP contribution in [0.3, 0.4) is 0 Å². The second-order valence-corrected chi connectivity index (χ2v) is 12.5. The summed E-state index contributed by atoms with van der Waals surface area (Å²) in [6.07, 6.45) is 8.88.